The lowest BCUT2D eigenvalue weighted by Gasteiger charge is -2.24. The Morgan fingerprint density at radius 3 is 2.68 bits per heavy atom. The van der Waals surface area contributed by atoms with E-state index < -0.39 is 0 Å². The van der Waals surface area contributed by atoms with Gasteiger partial charge in [-0.2, -0.15) is 0 Å². The van der Waals surface area contributed by atoms with Gasteiger partial charge in [0.05, 0.1) is 6.42 Å². The fourth-order valence-corrected chi connectivity index (χ4v) is 2.06. The first-order valence-corrected chi connectivity index (χ1v) is 6.93. The Morgan fingerprint density at radius 2 is 2.05 bits per heavy atom. The van der Waals surface area contributed by atoms with Gasteiger partial charge in [-0.3, -0.25) is 4.79 Å². The molecule has 0 bridgehead atoms. The van der Waals surface area contributed by atoms with Crippen LogP contribution in [-0.4, -0.2) is 24.2 Å². The normalized spacial score (nSPS) is 11.4. The van der Waals surface area contributed by atoms with Crippen LogP contribution >= 0.6 is 11.6 Å². The van der Waals surface area contributed by atoms with Crippen LogP contribution in [0.5, 0.6) is 0 Å². The van der Waals surface area contributed by atoms with E-state index in [1.54, 1.807) is 6.07 Å². The van der Waals surface area contributed by atoms with Crippen molar-refractivity contribution in [1.29, 1.82) is 0 Å². The van der Waals surface area contributed by atoms with E-state index >= 15 is 0 Å². The number of carbonyl (C=O) groups excluding carboxylic acids is 1. The van der Waals surface area contributed by atoms with Gasteiger partial charge in [0.1, 0.15) is 0 Å². The maximum absolute atomic E-state index is 11.9. The Bertz CT molecular complexity index is 418. The molecule has 0 saturated carbocycles. The van der Waals surface area contributed by atoms with Crippen LogP contribution in [0.4, 0.5) is 0 Å². The second kappa shape index (κ2) is 7.51. The van der Waals surface area contributed by atoms with E-state index in [1.807, 2.05) is 18.2 Å². The zero-order valence-corrected chi connectivity index (χ0v) is 12.3. The predicted molar refractivity (Wildman–Crippen MR) is 78.3 cm³/mol. The molecule has 1 aromatic carbocycles. The summed E-state index contributed by atoms with van der Waals surface area (Å²) in [6.45, 7) is 4.96. The Morgan fingerprint density at radius 1 is 1.37 bits per heavy atom. The number of halogens is 1. The number of hydrogen-bond donors (Lipinski definition) is 2. The lowest BCUT2D eigenvalue weighted by molar-refractivity contribution is -0.120. The van der Waals surface area contributed by atoms with Crippen LogP contribution in [0.2, 0.25) is 5.02 Å². The lowest BCUT2D eigenvalue weighted by Crippen LogP contribution is -2.35. The van der Waals surface area contributed by atoms with E-state index in [-0.39, 0.29) is 17.9 Å². The average molecular weight is 284 g/mol. The van der Waals surface area contributed by atoms with Crippen molar-refractivity contribution < 1.29 is 9.90 Å². The third kappa shape index (κ3) is 6.08. The van der Waals surface area contributed by atoms with Gasteiger partial charge in [0.15, 0.2) is 0 Å². The summed E-state index contributed by atoms with van der Waals surface area (Å²) in [5, 5.41) is 12.4. The molecule has 1 aromatic rings. The van der Waals surface area contributed by atoms with Gasteiger partial charge in [-0.1, -0.05) is 43.6 Å². The van der Waals surface area contributed by atoms with Gasteiger partial charge < -0.3 is 10.4 Å². The van der Waals surface area contributed by atoms with Crippen LogP contribution in [0.15, 0.2) is 24.3 Å². The monoisotopic (exact) mass is 283 g/mol. The van der Waals surface area contributed by atoms with Crippen LogP contribution in [0, 0.1) is 5.41 Å². The lowest BCUT2D eigenvalue weighted by atomic mass is 9.88. The minimum atomic E-state index is -0.0230. The fraction of sp³-hybridized carbons (Fsp3) is 0.533. The molecule has 2 N–H and O–H groups in total. The Balaban J connectivity index is 2.42. The third-order valence-electron chi connectivity index (χ3n) is 3.08. The maximum Gasteiger partial charge on any atom is 0.224 e. The molecule has 3 nitrogen and oxygen atoms in total. The van der Waals surface area contributed by atoms with Gasteiger partial charge >= 0.3 is 0 Å². The number of rotatable bonds is 7. The Labute approximate surface area is 120 Å². The number of carbonyl (C=O) groups is 1. The maximum atomic E-state index is 11.9. The summed E-state index contributed by atoms with van der Waals surface area (Å²) in [7, 11) is 0. The summed E-state index contributed by atoms with van der Waals surface area (Å²) in [6, 6.07) is 7.37. The van der Waals surface area contributed by atoms with Gasteiger partial charge in [-0.15, -0.1) is 0 Å². The SMILES string of the molecule is CC(C)(CCCO)CNC(=O)Cc1ccccc1Cl. The van der Waals surface area contributed by atoms with Crippen LogP contribution in [0.3, 0.4) is 0 Å². The second-order valence-corrected chi connectivity index (χ2v) is 5.94. The molecule has 0 aliphatic carbocycles. The standard InChI is InChI=1S/C15H22ClNO2/c1-15(2,8-5-9-18)11-17-14(19)10-12-6-3-4-7-13(12)16/h3-4,6-7,18H,5,8-11H2,1-2H3,(H,17,19). The number of benzene rings is 1. The Kier molecular flexibility index (Phi) is 6.32. The molecule has 0 atom stereocenters. The van der Waals surface area contributed by atoms with Gasteiger partial charge in [0.25, 0.3) is 0 Å². The van der Waals surface area contributed by atoms with E-state index in [9.17, 15) is 4.79 Å². The number of nitrogens with one attached hydrogen (secondary N) is 1. The molecule has 0 saturated heterocycles. The first-order valence-electron chi connectivity index (χ1n) is 6.55. The van der Waals surface area contributed by atoms with Crippen molar-refractivity contribution in [3.8, 4) is 0 Å². The molecular formula is C15H22ClNO2. The zero-order valence-electron chi connectivity index (χ0n) is 11.6. The van der Waals surface area contributed by atoms with E-state index in [1.165, 1.54) is 0 Å². The fourth-order valence-electron chi connectivity index (χ4n) is 1.86. The highest BCUT2D eigenvalue weighted by molar-refractivity contribution is 6.31. The molecule has 0 heterocycles. The Hall–Kier alpha value is -1.06. The van der Waals surface area contributed by atoms with E-state index in [0.717, 1.165) is 18.4 Å². The van der Waals surface area contributed by atoms with Crippen molar-refractivity contribution in [2.24, 2.45) is 5.41 Å². The molecule has 0 spiro atoms. The summed E-state index contributed by atoms with van der Waals surface area (Å²) in [6.07, 6.45) is 1.94. The van der Waals surface area contributed by atoms with E-state index in [0.29, 0.717) is 18.0 Å². The van der Waals surface area contributed by atoms with Crippen molar-refractivity contribution in [2.45, 2.75) is 33.1 Å². The van der Waals surface area contributed by atoms with E-state index in [2.05, 4.69) is 19.2 Å². The van der Waals surface area contributed by atoms with Crippen LogP contribution in [0.1, 0.15) is 32.3 Å². The summed E-state index contributed by atoms with van der Waals surface area (Å²) >= 11 is 6.02. The van der Waals surface area contributed by atoms with E-state index in [4.69, 9.17) is 16.7 Å². The molecule has 106 valence electrons. The van der Waals surface area contributed by atoms with Gasteiger partial charge in [-0.05, 0) is 29.9 Å². The molecule has 0 aromatic heterocycles. The molecule has 4 heteroatoms. The quantitative estimate of drug-likeness (QED) is 0.808. The first kappa shape index (κ1) is 16.0. The third-order valence-corrected chi connectivity index (χ3v) is 3.45. The summed E-state index contributed by atoms with van der Waals surface area (Å²) in [4.78, 5) is 11.9. The number of hydrogen-bond acceptors (Lipinski definition) is 2. The molecule has 1 rings (SSSR count). The predicted octanol–water partition coefficient (Wildman–Crippen LogP) is 2.80. The van der Waals surface area contributed by atoms with Gasteiger partial charge in [0, 0.05) is 18.2 Å². The zero-order chi connectivity index (χ0) is 14.3. The second-order valence-electron chi connectivity index (χ2n) is 5.54. The minimum absolute atomic E-state index is 0.00112. The number of amides is 1. The number of aliphatic hydroxyl groups excluding tert-OH is 1. The molecule has 0 aliphatic heterocycles. The van der Waals surface area contributed by atoms with Crippen LogP contribution in [0.25, 0.3) is 0 Å². The molecule has 0 unspecified atom stereocenters. The molecule has 19 heavy (non-hydrogen) atoms. The average Bonchev–Trinajstić information content (AvgIpc) is 2.37. The van der Waals surface area contributed by atoms with Crippen molar-refractivity contribution in [3.63, 3.8) is 0 Å². The molecule has 1 amide bonds. The smallest absolute Gasteiger partial charge is 0.224 e. The minimum Gasteiger partial charge on any atom is -0.396 e. The van der Waals surface area contributed by atoms with Crippen molar-refractivity contribution >= 4 is 17.5 Å². The highest BCUT2D eigenvalue weighted by Crippen LogP contribution is 2.21. The molecule has 0 aliphatic rings. The van der Waals surface area contributed by atoms with Gasteiger partial charge in [-0.25, -0.2) is 0 Å². The van der Waals surface area contributed by atoms with Crippen molar-refractivity contribution in [3.05, 3.63) is 34.9 Å². The summed E-state index contributed by atoms with van der Waals surface area (Å²) in [5.74, 6) is -0.0230. The highest BCUT2D eigenvalue weighted by atomic mass is 35.5. The highest BCUT2D eigenvalue weighted by Gasteiger charge is 2.18. The topological polar surface area (TPSA) is 49.3 Å². The van der Waals surface area contributed by atoms with Crippen molar-refractivity contribution in [1.82, 2.24) is 5.32 Å². The summed E-state index contributed by atoms with van der Waals surface area (Å²) in [5.41, 5.74) is 0.841. The molecule has 0 radical (unpaired) electrons. The first-order chi connectivity index (χ1) is 8.94. The van der Waals surface area contributed by atoms with Gasteiger partial charge in [0.2, 0.25) is 5.91 Å². The number of aliphatic hydroxyl groups is 1. The molecule has 0 fully saturated rings. The van der Waals surface area contributed by atoms with Crippen LogP contribution in [-0.2, 0) is 11.2 Å². The largest absolute Gasteiger partial charge is 0.396 e. The summed E-state index contributed by atoms with van der Waals surface area (Å²) < 4.78 is 0. The van der Waals surface area contributed by atoms with Crippen LogP contribution < -0.4 is 5.32 Å². The molecular weight excluding hydrogens is 262 g/mol. The van der Waals surface area contributed by atoms with Crippen molar-refractivity contribution in [2.75, 3.05) is 13.2 Å².